The van der Waals surface area contributed by atoms with Crippen LogP contribution in [0, 0.1) is 0 Å². The van der Waals surface area contributed by atoms with Gasteiger partial charge in [-0.1, -0.05) is 249 Å². The van der Waals surface area contributed by atoms with Gasteiger partial charge in [0.2, 0.25) is 0 Å². The minimum absolute atomic E-state index is 1.12. The SMILES string of the molecule is c1ccc(-c2cccc(-c3cccc4c3c3ccccc3n4-c3cccc4c3c3ccccc3n4-c3ccc([Si](c4ccccc4)(c4ccccc4)c4cc(-c5ccccc5)cc(-c5ccccc5)c4)cc3)c2)cc1. The summed E-state index contributed by atoms with van der Waals surface area (Å²) in [6.07, 6.45) is 0. The Morgan fingerprint density at radius 2 is 0.627 bits per heavy atom. The van der Waals surface area contributed by atoms with Gasteiger partial charge in [0.25, 0.3) is 0 Å². The van der Waals surface area contributed by atoms with E-state index in [1.165, 1.54) is 103 Å². The molecule has 0 fully saturated rings. The first kappa shape index (κ1) is 44.2. The van der Waals surface area contributed by atoms with E-state index in [0.717, 1.165) is 16.9 Å². The van der Waals surface area contributed by atoms with Crippen molar-refractivity contribution in [1.29, 1.82) is 0 Å². The molecule has 0 radical (unpaired) electrons. The van der Waals surface area contributed by atoms with Gasteiger partial charge in [-0.2, -0.15) is 0 Å². The maximum atomic E-state index is 2.50. The van der Waals surface area contributed by atoms with E-state index in [-0.39, 0.29) is 0 Å². The number of hydrogen-bond acceptors (Lipinski definition) is 0. The average Bonchev–Trinajstić information content (AvgIpc) is 4.05. The van der Waals surface area contributed by atoms with E-state index in [0.29, 0.717) is 0 Å². The van der Waals surface area contributed by atoms with Crippen LogP contribution in [0.15, 0.2) is 303 Å². The Morgan fingerprint density at radius 1 is 0.227 bits per heavy atom. The Hall–Kier alpha value is -9.54. The molecule has 2 aromatic heterocycles. The van der Waals surface area contributed by atoms with Gasteiger partial charge in [-0.3, -0.25) is 0 Å². The summed E-state index contributed by atoms with van der Waals surface area (Å²) in [5.41, 5.74) is 16.7. The number of rotatable bonds is 10. The van der Waals surface area contributed by atoms with Crippen LogP contribution in [-0.4, -0.2) is 17.2 Å². The summed E-state index contributed by atoms with van der Waals surface area (Å²) in [4.78, 5) is 0. The second-order valence-corrected chi connectivity index (χ2v) is 23.4. The van der Waals surface area contributed by atoms with Crippen molar-refractivity contribution < 1.29 is 0 Å². The molecule has 14 aromatic rings. The highest BCUT2D eigenvalue weighted by Gasteiger charge is 2.42. The van der Waals surface area contributed by atoms with Crippen LogP contribution in [0.25, 0.3) is 99.5 Å². The third-order valence-electron chi connectivity index (χ3n) is 15.4. The zero-order chi connectivity index (χ0) is 49.7. The number of hydrogen-bond donors (Lipinski definition) is 0. The van der Waals surface area contributed by atoms with Crippen LogP contribution in [0.1, 0.15) is 0 Å². The summed E-state index contributed by atoms with van der Waals surface area (Å²) in [6, 6.07) is 112. The topological polar surface area (TPSA) is 9.86 Å². The van der Waals surface area contributed by atoms with Crippen LogP contribution in [0.4, 0.5) is 0 Å². The highest BCUT2D eigenvalue weighted by Crippen LogP contribution is 2.43. The number of nitrogens with zero attached hydrogens (tertiary/aromatic N) is 2. The third-order valence-corrected chi connectivity index (χ3v) is 20.2. The van der Waals surface area contributed by atoms with Crippen LogP contribution in [0.5, 0.6) is 0 Å². The zero-order valence-electron chi connectivity index (χ0n) is 41.3. The highest BCUT2D eigenvalue weighted by atomic mass is 28.3. The maximum Gasteiger partial charge on any atom is 0.179 e. The lowest BCUT2D eigenvalue weighted by Crippen LogP contribution is -2.74. The Bertz CT molecular complexity index is 4270. The highest BCUT2D eigenvalue weighted by molar-refractivity contribution is 7.20. The molecular weight excluding hydrogens is 921 g/mol. The second-order valence-electron chi connectivity index (χ2n) is 19.6. The van der Waals surface area contributed by atoms with Crippen LogP contribution in [0.3, 0.4) is 0 Å². The van der Waals surface area contributed by atoms with Crippen molar-refractivity contribution >= 4 is 72.4 Å². The molecule has 0 saturated heterocycles. The fourth-order valence-corrected chi connectivity index (χ4v) is 17.0. The largest absolute Gasteiger partial charge is 0.309 e. The Labute approximate surface area is 438 Å². The van der Waals surface area contributed by atoms with Gasteiger partial charge < -0.3 is 9.13 Å². The van der Waals surface area contributed by atoms with Crippen molar-refractivity contribution in [2.24, 2.45) is 0 Å². The maximum absolute atomic E-state index is 3.00. The normalized spacial score (nSPS) is 11.7. The first-order valence-electron chi connectivity index (χ1n) is 25.9. The monoisotopic (exact) mass is 970 g/mol. The van der Waals surface area contributed by atoms with Crippen LogP contribution >= 0.6 is 0 Å². The van der Waals surface area contributed by atoms with Crippen molar-refractivity contribution in [2.75, 3.05) is 0 Å². The summed E-state index contributed by atoms with van der Waals surface area (Å²) in [5.74, 6) is 0. The van der Waals surface area contributed by atoms with Gasteiger partial charge in [0.1, 0.15) is 0 Å². The van der Waals surface area contributed by atoms with Crippen molar-refractivity contribution in [2.45, 2.75) is 0 Å². The van der Waals surface area contributed by atoms with E-state index in [4.69, 9.17) is 0 Å². The predicted molar refractivity (Wildman–Crippen MR) is 320 cm³/mol. The van der Waals surface area contributed by atoms with Gasteiger partial charge in [-0.15, -0.1) is 0 Å². The molecule has 12 aromatic carbocycles. The molecular formula is C72H50N2Si. The number of aromatic nitrogens is 2. The molecule has 2 heterocycles. The first-order valence-corrected chi connectivity index (χ1v) is 27.9. The van der Waals surface area contributed by atoms with E-state index >= 15 is 0 Å². The van der Waals surface area contributed by atoms with Crippen molar-refractivity contribution in [3.8, 4) is 55.9 Å². The van der Waals surface area contributed by atoms with Gasteiger partial charge in [0, 0.05) is 27.2 Å². The van der Waals surface area contributed by atoms with E-state index in [1.807, 2.05) is 0 Å². The van der Waals surface area contributed by atoms with E-state index in [2.05, 4.69) is 312 Å². The van der Waals surface area contributed by atoms with Gasteiger partial charge in [-0.05, 0) is 120 Å². The summed E-state index contributed by atoms with van der Waals surface area (Å²) in [6.45, 7) is 0. The molecule has 0 atom stereocenters. The molecule has 2 nitrogen and oxygen atoms in total. The fourth-order valence-electron chi connectivity index (χ4n) is 12.2. The molecule has 0 aliphatic heterocycles. The molecule has 75 heavy (non-hydrogen) atoms. The second kappa shape index (κ2) is 18.5. The molecule has 0 unspecified atom stereocenters. The number of para-hydroxylation sites is 2. The van der Waals surface area contributed by atoms with E-state index in [1.54, 1.807) is 0 Å². The summed E-state index contributed by atoms with van der Waals surface area (Å²) >= 11 is 0. The van der Waals surface area contributed by atoms with Crippen molar-refractivity contribution in [3.63, 3.8) is 0 Å². The lowest BCUT2D eigenvalue weighted by molar-refractivity contribution is 1.17. The standard InChI is InChI=1S/C72H50N2Si/c1-6-23-51(24-7-1)54-29-20-30-55(47-54)63-37-21-40-68-71(63)64-35-16-19-39-67(64)74(68)70-42-22-41-69-72(70)65-36-17-18-38-66(65)73(69)58-43-45-61(46-44-58)75(59-31-12-4-13-32-59,60-33-14-5-15-34-60)62-49-56(52-25-8-2-9-26-52)48-57(50-62)53-27-10-3-11-28-53/h1-50H. The Kier molecular flexibility index (Phi) is 10.9. The third kappa shape index (κ3) is 7.39. The number of fused-ring (bicyclic) bond motifs is 6. The molecule has 0 aliphatic rings. The van der Waals surface area contributed by atoms with Gasteiger partial charge in [0.15, 0.2) is 8.07 Å². The molecule has 0 N–H and O–H groups in total. The summed E-state index contributed by atoms with van der Waals surface area (Å²) < 4.78 is 4.98. The quantitative estimate of drug-likeness (QED) is 0.0955. The Balaban J connectivity index is 0.973. The molecule has 0 spiro atoms. The van der Waals surface area contributed by atoms with Crippen molar-refractivity contribution in [1.82, 2.24) is 9.13 Å². The summed E-state index contributed by atoms with van der Waals surface area (Å²) in [5, 5.41) is 10.3. The molecule has 352 valence electrons. The first-order chi connectivity index (χ1) is 37.2. The van der Waals surface area contributed by atoms with Gasteiger partial charge >= 0.3 is 0 Å². The summed E-state index contributed by atoms with van der Waals surface area (Å²) in [7, 11) is -3.00. The fraction of sp³-hybridized carbons (Fsp3) is 0. The van der Waals surface area contributed by atoms with Crippen LogP contribution in [0.2, 0.25) is 0 Å². The van der Waals surface area contributed by atoms with Crippen molar-refractivity contribution in [3.05, 3.63) is 303 Å². The van der Waals surface area contributed by atoms with E-state index in [9.17, 15) is 0 Å². The van der Waals surface area contributed by atoms with Crippen LogP contribution < -0.4 is 20.7 Å². The lowest BCUT2D eigenvalue weighted by Gasteiger charge is -2.35. The average molecular weight is 971 g/mol. The molecule has 3 heteroatoms. The molecule has 0 saturated carbocycles. The minimum atomic E-state index is -3.00. The van der Waals surface area contributed by atoms with Crippen LogP contribution in [-0.2, 0) is 0 Å². The van der Waals surface area contributed by atoms with Gasteiger partial charge in [-0.25, -0.2) is 0 Å². The predicted octanol–water partition coefficient (Wildman–Crippen LogP) is 15.9. The molecule has 0 aliphatic carbocycles. The smallest absolute Gasteiger partial charge is 0.179 e. The van der Waals surface area contributed by atoms with Gasteiger partial charge in [0.05, 0.1) is 27.8 Å². The zero-order valence-corrected chi connectivity index (χ0v) is 42.3. The minimum Gasteiger partial charge on any atom is -0.309 e. The lowest BCUT2D eigenvalue weighted by atomic mass is 9.96. The number of benzene rings is 12. The molecule has 0 bridgehead atoms. The van der Waals surface area contributed by atoms with E-state index < -0.39 is 8.07 Å². The molecule has 0 amide bonds. The molecule has 14 rings (SSSR count). The Morgan fingerprint density at radius 3 is 1.21 bits per heavy atom.